The molecule has 0 aliphatic heterocycles. The molecule has 0 fully saturated rings. The molecule has 0 aliphatic carbocycles. The van der Waals surface area contributed by atoms with Crippen LogP contribution in [-0.2, 0) is 0 Å². The van der Waals surface area contributed by atoms with Crippen LogP contribution in [-0.4, -0.2) is 22.7 Å². The zero-order valence-corrected chi connectivity index (χ0v) is 13.0. The van der Waals surface area contributed by atoms with E-state index in [-0.39, 0.29) is 6.04 Å². The fourth-order valence-corrected chi connectivity index (χ4v) is 2.00. The number of benzene rings is 1. The predicted octanol–water partition coefficient (Wildman–Crippen LogP) is 3.14. The number of aromatic nitrogens is 1. The van der Waals surface area contributed by atoms with Crippen molar-refractivity contribution in [2.24, 2.45) is 0 Å². The number of hydrogen-bond acceptors (Lipinski definition) is 3. The van der Waals surface area contributed by atoms with Crippen LogP contribution in [0.2, 0.25) is 0 Å². The zero-order chi connectivity index (χ0) is 15.1. The molecule has 1 heterocycles. The Balaban J connectivity index is 1.75. The second-order valence-electron chi connectivity index (χ2n) is 4.84. The van der Waals surface area contributed by atoms with Crippen molar-refractivity contribution in [1.82, 2.24) is 10.3 Å². The lowest BCUT2D eigenvalue weighted by Gasteiger charge is -2.17. The molecule has 2 aromatic rings. The third-order valence-corrected chi connectivity index (χ3v) is 2.99. The van der Waals surface area contributed by atoms with Gasteiger partial charge in [0.2, 0.25) is 0 Å². The van der Waals surface area contributed by atoms with Gasteiger partial charge in [0, 0.05) is 6.20 Å². The number of pyridine rings is 1. The first kappa shape index (κ1) is 15.3. The number of nitrogens with zero attached hydrogens (tertiary/aromatic N) is 1. The van der Waals surface area contributed by atoms with Crippen LogP contribution in [0.15, 0.2) is 48.7 Å². The van der Waals surface area contributed by atoms with E-state index >= 15 is 0 Å². The number of para-hydroxylation sites is 1. The summed E-state index contributed by atoms with van der Waals surface area (Å²) in [5.74, 6) is 1.58. The molecule has 110 valence electrons. The minimum atomic E-state index is 0.0932. The van der Waals surface area contributed by atoms with Gasteiger partial charge in [0.05, 0.1) is 6.04 Å². The van der Waals surface area contributed by atoms with Gasteiger partial charge in [-0.2, -0.15) is 0 Å². The first-order chi connectivity index (χ1) is 10.1. The fraction of sp³-hybridized carbons (Fsp3) is 0.250. The van der Waals surface area contributed by atoms with Crippen molar-refractivity contribution < 1.29 is 4.74 Å². The topological polar surface area (TPSA) is 46.2 Å². The maximum absolute atomic E-state index is 5.67. The Morgan fingerprint density at radius 1 is 1.24 bits per heavy atom. The summed E-state index contributed by atoms with van der Waals surface area (Å²) in [6.45, 7) is 4.54. The highest BCUT2D eigenvalue weighted by Crippen LogP contribution is 2.08. The van der Waals surface area contributed by atoms with E-state index in [1.807, 2.05) is 56.3 Å². The molecule has 0 saturated carbocycles. The quantitative estimate of drug-likeness (QED) is 0.831. The van der Waals surface area contributed by atoms with E-state index in [2.05, 4.69) is 15.6 Å². The average molecular weight is 301 g/mol. The lowest BCUT2D eigenvalue weighted by atomic mass is 10.3. The second-order valence-corrected chi connectivity index (χ2v) is 5.25. The van der Waals surface area contributed by atoms with Crippen molar-refractivity contribution in [1.29, 1.82) is 0 Å². The van der Waals surface area contributed by atoms with E-state index < -0.39 is 0 Å². The van der Waals surface area contributed by atoms with Crippen LogP contribution in [0.3, 0.4) is 0 Å². The molecule has 0 saturated heterocycles. The molecule has 21 heavy (non-hydrogen) atoms. The summed E-state index contributed by atoms with van der Waals surface area (Å²) in [5, 5.41) is 6.76. The number of thiocarbonyl (C=S) groups is 1. The Bertz CT molecular complexity index is 572. The Kier molecular flexibility index (Phi) is 5.51. The third kappa shape index (κ3) is 5.39. The average Bonchev–Trinajstić information content (AvgIpc) is 2.48. The highest BCUT2D eigenvalue weighted by atomic mass is 32.1. The van der Waals surface area contributed by atoms with Crippen LogP contribution in [0.1, 0.15) is 12.5 Å². The van der Waals surface area contributed by atoms with Crippen molar-refractivity contribution in [3.8, 4) is 5.75 Å². The lowest BCUT2D eigenvalue weighted by Crippen LogP contribution is -2.39. The molecule has 1 aromatic carbocycles. The molecule has 5 heteroatoms. The Labute approximate surface area is 130 Å². The Morgan fingerprint density at radius 2 is 2.00 bits per heavy atom. The van der Waals surface area contributed by atoms with Crippen molar-refractivity contribution in [2.45, 2.75) is 19.9 Å². The van der Waals surface area contributed by atoms with E-state index in [4.69, 9.17) is 17.0 Å². The summed E-state index contributed by atoms with van der Waals surface area (Å²) in [5.41, 5.74) is 1.11. The summed E-state index contributed by atoms with van der Waals surface area (Å²) < 4.78 is 5.67. The normalized spacial score (nSPS) is 11.5. The molecule has 0 radical (unpaired) electrons. The standard InChI is InChI=1S/C16H19N3OS/c1-12-8-9-15(17-10-12)19-16(21)18-13(2)11-20-14-6-4-3-5-7-14/h3-10,13H,11H2,1-2H3,(H2,17,18,19,21). The fourth-order valence-electron chi connectivity index (χ4n) is 1.70. The molecule has 0 bridgehead atoms. The van der Waals surface area contributed by atoms with Crippen LogP contribution < -0.4 is 15.4 Å². The van der Waals surface area contributed by atoms with E-state index in [9.17, 15) is 0 Å². The third-order valence-electron chi connectivity index (χ3n) is 2.77. The number of hydrogen-bond donors (Lipinski definition) is 2. The molecule has 1 aromatic heterocycles. The molecule has 0 amide bonds. The van der Waals surface area contributed by atoms with E-state index in [1.165, 1.54) is 0 Å². The van der Waals surface area contributed by atoms with E-state index in [1.54, 1.807) is 6.20 Å². The minimum Gasteiger partial charge on any atom is -0.491 e. The monoisotopic (exact) mass is 301 g/mol. The summed E-state index contributed by atoms with van der Waals surface area (Å²) in [6.07, 6.45) is 1.80. The molecule has 1 atom stereocenters. The predicted molar refractivity (Wildman–Crippen MR) is 89.7 cm³/mol. The van der Waals surface area contributed by atoms with Gasteiger partial charge in [-0.1, -0.05) is 24.3 Å². The summed E-state index contributed by atoms with van der Waals surface area (Å²) in [7, 11) is 0. The number of anilines is 1. The van der Waals surface area contributed by atoms with Gasteiger partial charge in [-0.05, 0) is 49.8 Å². The van der Waals surface area contributed by atoms with Gasteiger partial charge in [-0.25, -0.2) is 4.98 Å². The van der Waals surface area contributed by atoms with E-state index in [0.29, 0.717) is 11.7 Å². The minimum absolute atomic E-state index is 0.0932. The Hall–Kier alpha value is -2.14. The second kappa shape index (κ2) is 7.59. The van der Waals surface area contributed by atoms with Gasteiger partial charge in [-0.3, -0.25) is 0 Å². The number of ether oxygens (including phenoxy) is 1. The van der Waals surface area contributed by atoms with Crippen LogP contribution >= 0.6 is 12.2 Å². The highest BCUT2D eigenvalue weighted by molar-refractivity contribution is 7.80. The van der Waals surface area contributed by atoms with Crippen LogP contribution in [0, 0.1) is 6.92 Å². The van der Waals surface area contributed by atoms with Crippen molar-refractivity contribution in [3.05, 3.63) is 54.2 Å². The molecular weight excluding hydrogens is 282 g/mol. The highest BCUT2D eigenvalue weighted by Gasteiger charge is 2.06. The van der Waals surface area contributed by atoms with Gasteiger partial charge in [0.15, 0.2) is 5.11 Å². The van der Waals surface area contributed by atoms with Crippen LogP contribution in [0.25, 0.3) is 0 Å². The first-order valence-electron chi connectivity index (χ1n) is 6.81. The van der Waals surface area contributed by atoms with Gasteiger partial charge in [0.25, 0.3) is 0 Å². The SMILES string of the molecule is Cc1ccc(NC(=S)NC(C)COc2ccccc2)nc1. The van der Waals surface area contributed by atoms with Gasteiger partial charge >= 0.3 is 0 Å². The van der Waals surface area contributed by atoms with Gasteiger partial charge < -0.3 is 15.4 Å². The smallest absolute Gasteiger partial charge is 0.172 e. The maximum Gasteiger partial charge on any atom is 0.172 e. The summed E-state index contributed by atoms with van der Waals surface area (Å²) >= 11 is 5.26. The summed E-state index contributed by atoms with van der Waals surface area (Å²) in [4.78, 5) is 4.25. The van der Waals surface area contributed by atoms with Crippen LogP contribution in [0.5, 0.6) is 5.75 Å². The van der Waals surface area contributed by atoms with Gasteiger partial charge in [0.1, 0.15) is 18.2 Å². The van der Waals surface area contributed by atoms with Crippen molar-refractivity contribution in [2.75, 3.05) is 11.9 Å². The molecule has 2 rings (SSSR count). The molecule has 4 nitrogen and oxygen atoms in total. The largest absolute Gasteiger partial charge is 0.491 e. The lowest BCUT2D eigenvalue weighted by molar-refractivity contribution is 0.287. The Morgan fingerprint density at radius 3 is 2.67 bits per heavy atom. The number of nitrogens with one attached hydrogen (secondary N) is 2. The zero-order valence-electron chi connectivity index (χ0n) is 12.2. The van der Waals surface area contributed by atoms with Gasteiger partial charge in [-0.15, -0.1) is 0 Å². The number of aryl methyl sites for hydroxylation is 1. The first-order valence-corrected chi connectivity index (χ1v) is 7.22. The van der Waals surface area contributed by atoms with Crippen molar-refractivity contribution >= 4 is 23.1 Å². The number of rotatable bonds is 5. The summed E-state index contributed by atoms with van der Waals surface area (Å²) in [6, 6.07) is 13.7. The van der Waals surface area contributed by atoms with E-state index in [0.717, 1.165) is 17.1 Å². The molecule has 0 spiro atoms. The molecular formula is C16H19N3OS. The van der Waals surface area contributed by atoms with Crippen molar-refractivity contribution in [3.63, 3.8) is 0 Å². The maximum atomic E-state index is 5.67. The van der Waals surface area contributed by atoms with Crippen LogP contribution in [0.4, 0.5) is 5.82 Å². The molecule has 2 N–H and O–H groups in total. The molecule has 0 aliphatic rings. The molecule has 1 unspecified atom stereocenters.